The molecule has 2 N–H and O–H groups in total. The van der Waals surface area contributed by atoms with Crippen LogP contribution in [0.4, 0.5) is 0 Å². The number of nitrogens with zero attached hydrogens (tertiary/aromatic N) is 2. The molecular weight excluding hydrogens is 214 g/mol. The molecule has 4 heteroatoms. The largest absolute Gasteiger partial charge is 0.335 e. The maximum Gasteiger partial charge on any atom is 0.208 e. The smallest absolute Gasteiger partial charge is 0.208 e. The Morgan fingerprint density at radius 3 is 3.12 bits per heavy atom. The van der Waals surface area contributed by atoms with Crippen molar-refractivity contribution < 1.29 is 4.79 Å². The summed E-state index contributed by atoms with van der Waals surface area (Å²) in [7, 11) is 0. The number of carbonyl (C=O) groups is 1. The van der Waals surface area contributed by atoms with E-state index in [1.807, 2.05) is 4.57 Å². The van der Waals surface area contributed by atoms with E-state index < -0.39 is 0 Å². The van der Waals surface area contributed by atoms with Crippen LogP contribution in [0.1, 0.15) is 42.6 Å². The lowest BCUT2D eigenvalue weighted by atomic mass is 10.0. The second-order valence-corrected chi connectivity index (χ2v) is 4.44. The van der Waals surface area contributed by atoms with E-state index >= 15 is 0 Å². The summed E-state index contributed by atoms with van der Waals surface area (Å²) in [6.07, 6.45) is 11.0. The molecule has 1 aromatic heterocycles. The molecule has 0 atom stereocenters. The number of rotatable bonds is 4. The maximum atomic E-state index is 12.2. The van der Waals surface area contributed by atoms with E-state index in [1.165, 1.54) is 12.8 Å². The average Bonchev–Trinajstić information content (AvgIpc) is 2.64. The van der Waals surface area contributed by atoms with Crippen LogP contribution in [0.15, 0.2) is 24.2 Å². The lowest BCUT2D eigenvalue weighted by Gasteiger charge is -2.01. The highest BCUT2D eigenvalue weighted by Crippen LogP contribution is 2.20. The maximum absolute atomic E-state index is 12.2. The van der Waals surface area contributed by atoms with E-state index in [0.717, 1.165) is 24.8 Å². The fraction of sp³-hybridized carbons (Fsp3) is 0.538. The van der Waals surface area contributed by atoms with E-state index in [4.69, 9.17) is 5.73 Å². The summed E-state index contributed by atoms with van der Waals surface area (Å²) in [4.78, 5) is 16.4. The predicted molar refractivity (Wildman–Crippen MR) is 66.8 cm³/mol. The minimum absolute atomic E-state index is 0.0858. The van der Waals surface area contributed by atoms with Gasteiger partial charge in [0.1, 0.15) is 5.69 Å². The average molecular weight is 233 g/mol. The summed E-state index contributed by atoms with van der Waals surface area (Å²) >= 11 is 0. The molecule has 0 amide bonds. The van der Waals surface area contributed by atoms with Crippen LogP contribution in [0.5, 0.6) is 0 Å². The van der Waals surface area contributed by atoms with Crippen molar-refractivity contribution in [1.82, 2.24) is 9.55 Å². The van der Waals surface area contributed by atoms with Gasteiger partial charge in [-0.2, -0.15) is 0 Å². The molecule has 4 nitrogen and oxygen atoms in total. The van der Waals surface area contributed by atoms with Crippen molar-refractivity contribution in [2.24, 2.45) is 5.73 Å². The van der Waals surface area contributed by atoms with Crippen LogP contribution in [-0.4, -0.2) is 21.9 Å². The lowest BCUT2D eigenvalue weighted by molar-refractivity contribution is 0.102. The van der Waals surface area contributed by atoms with Gasteiger partial charge in [-0.1, -0.05) is 12.5 Å². The number of Topliss-reactive ketones (excluding diaryl/α,β-unsaturated/α-hetero) is 1. The molecule has 0 unspecified atom stereocenters. The van der Waals surface area contributed by atoms with Crippen molar-refractivity contribution in [3.8, 4) is 0 Å². The summed E-state index contributed by atoms with van der Waals surface area (Å²) in [5.41, 5.74) is 6.94. The van der Waals surface area contributed by atoms with Crippen molar-refractivity contribution in [3.63, 3.8) is 0 Å². The molecule has 17 heavy (non-hydrogen) atoms. The van der Waals surface area contributed by atoms with E-state index in [1.54, 1.807) is 12.5 Å². The topological polar surface area (TPSA) is 60.9 Å². The van der Waals surface area contributed by atoms with E-state index in [-0.39, 0.29) is 5.78 Å². The van der Waals surface area contributed by atoms with E-state index in [2.05, 4.69) is 11.1 Å². The molecule has 0 saturated carbocycles. The first-order valence-corrected chi connectivity index (χ1v) is 6.27. The lowest BCUT2D eigenvalue weighted by Crippen LogP contribution is -2.08. The number of nitrogens with two attached hydrogens (primary N) is 1. The van der Waals surface area contributed by atoms with Crippen LogP contribution in [0.2, 0.25) is 0 Å². The molecular formula is C13H19N3O. The van der Waals surface area contributed by atoms with Crippen LogP contribution < -0.4 is 5.73 Å². The van der Waals surface area contributed by atoms with Gasteiger partial charge in [0.2, 0.25) is 5.78 Å². The van der Waals surface area contributed by atoms with Gasteiger partial charge in [0, 0.05) is 19.3 Å². The molecule has 1 heterocycles. The first-order chi connectivity index (χ1) is 8.31. The predicted octanol–water partition coefficient (Wildman–Crippen LogP) is 1.91. The second kappa shape index (κ2) is 5.77. The summed E-state index contributed by atoms with van der Waals surface area (Å²) in [6.45, 7) is 1.27. The summed E-state index contributed by atoms with van der Waals surface area (Å²) in [6, 6.07) is 0. The number of aromatic nitrogens is 2. The Kier molecular flexibility index (Phi) is 4.09. The SMILES string of the molecule is NCCn1cnc(C(=O)C2=CCCCCC2)c1. The molecule has 1 aliphatic carbocycles. The van der Waals surface area contributed by atoms with Crippen LogP contribution in [0, 0.1) is 0 Å². The van der Waals surface area contributed by atoms with Gasteiger partial charge in [-0.3, -0.25) is 4.79 Å². The number of ketones is 1. The summed E-state index contributed by atoms with van der Waals surface area (Å²) < 4.78 is 1.87. The Hall–Kier alpha value is -1.42. The van der Waals surface area contributed by atoms with Crippen molar-refractivity contribution in [1.29, 1.82) is 0 Å². The van der Waals surface area contributed by atoms with Gasteiger partial charge in [-0.05, 0) is 31.3 Å². The molecule has 0 saturated heterocycles. The van der Waals surface area contributed by atoms with E-state index in [9.17, 15) is 4.79 Å². The van der Waals surface area contributed by atoms with Gasteiger partial charge in [-0.25, -0.2) is 4.98 Å². The van der Waals surface area contributed by atoms with Crippen LogP contribution >= 0.6 is 0 Å². The molecule has 0 bridgehead atoms. The molecule has 0 aromatic carbocycles. The fourth-order valence-corrected chi connectivity index (χ4v) is 2.13. The highest BCUT2D eigenvalue weighted by atomic mass is 16.1. The summed E-state index contributed by atoms with van der Waals surface area (Å²) in [5, 5.41) is 0. The number of hydrogen-bond acceptors (Lipinski definition) is 3. The monoisotopic (exact) mass is 233 g/mol. The fourth-order valence-electron chi connectivity index (χ4n) is 2.13. The molecule has 1 aliphatic rings. The van der Waals surface area contributed by atoms with Crippen molar-refractivity contribution in [2.45, 2.75) is 38.6 Å². The Morgan fingerprint density at radius 1 is 1.41 bits per heavy atom. The standard InChI is InChI=1S/C13H19N3O/c14-7-8-16-9-12(15-10-16)13(17)11-5-3-1-2-4-6-11/h5,9-10H,1-4,6-8,14H2. The summed E-state index contributed by atoms with van der Waals surface area (Å²) in [5.74, 6) is 0.0858. The number of imidazole rings is 1. The molecule has 0 radical (unpaired) electrons. The number of carbonyl (C=O) groups excluding carboxylic acids is 1. The third-order valence-electron chi connectivity index (χ3n) is 3.09. The number of allylic oxidation sites excluding steroid dienone is 2. The second-order valence-electron chi connectivity index (χ2n) is 4.44. The first kappa shape index (κ1) is 12.0. The Labute approximate surface area is 102 Å². The van der Waals surface area contributed by atoms with Crippen molar-refractivity contribution >= 4 is 5.78 Å². The van der Waals surface area contributed by atoms with Gasteiger partial charge in [-0.15, -0.1) is 0 Å². The highest BCUT2D eigenvalue weighted by molar-refractivity contribution is 6.07. The van der Waals surface area contributed by atoms with Gasteiger partial charge >= 0.3 is 0 Å². The highest BCUT2D eigenvalue weighted by Gasteiger charge is 2.15. The molecule has 0 fully saturated rings. The van der Waals surface area contributed by atoms with Crippen LogP contribution in [-0.2, 0) is 6.54 Å². The minimum Gasteiger partial charge on any atom is -0.335 e. The van der Waals surface area contributed by atoms with E-state index in [0.29, 0.717) is 18.8 Å². The van der Waals surface area contributed by atoms with Crippen molar-refractivity contribution in [2.75, 3.05) is 6.54 Å². The molecule has 0 spiro atoms. The van der Waals surface area contributed by atoms with Crippen molar-refractivity contribution in [3.05, 3.63) is 29.9 Å². The minimum atomic E-state index is 0.0858. The Bertz CT molecular complexity index is 420. The van der Waals surface area contributed by atoms with Gasteiger partial charge in [0.15, 0.2) is 0 Å². The Morgan fingerprint density at radius 2 is 2.29 bits per heavy atom. The third kappa shape index (κ3) is 3.03. The third-order valence-corrected chi connectivity index (χ3v) is 3.09. The quantitative estimate of drug-likeness (QED) is 0.808. The van der Waals surface area contributed by atoms with Gasteiger partial charge < -0.3 is 10.3 Å². The molecule has 2 rings (SSSR count). The van der Waals surface area contributed by atoms with Gasteiger partial charge in [0.25, 0.3) is 0 Å². The normalized spacial score (nSPS) is 16.4. The molecule has 1 aromatic rings. The van der Waals surface area contributed by atoms with Crippen LogP contribution in [0.3, 0.4) is 0 Å². The zero-order chi connectivity index (χ0) is 12.1. The Balaban J connectivity index is 2.09. The zero-order valence-corrected chi connectivity index (χ0v) is 10.1. The molecule has 0 aliphatic heterocycles. The van der Waals surface area contributed by atoms with Crippen LogP contribution in [0.25, 0.3) is 0 Å². The number of hydrogen-bond donors (Lipinski definition) is 1. The zero-order valence-electron chi connectivity index (χ0n) is 10.1. The molecule has 92 valence electrons. The van der Waals surface area contributed by atoms with Gasteiger partial charge in [0.05, 0.1) is 6.33 Å². The first-order valence-electron chi connectivity index (χ1n) is 6.27.